The molecular formula is C17H14Cl2O2. The first kappa shape index (κ1) is 14.6. The van der Waals surface area contributed by atoms with Gasteiger partial charge in [-0.3, -0.25) is 4.79 Å². The van der Waals surface area contributed by atoms with Gasteiger partial charge in [0.2, 0.25) is 0 Å². The van der Waals surface area contributed by atoms with Crippen molar-refractivity contribution in [1.82, 2.24) is 0 Å². The first-order chi connectivity index (χ1) is 10.1. The minimum Gasteiger partial charge on any atom is -0.373 e. The van der Waals surface area contributed by atoms with Crippen LogP contribution in [0.2, 0.25) is 10.0 Å². The monoisotopic (exact) mass is 320 g/mol. The first-order valence-corrected chi connectivity index (χ1v) is 7.58. The van der Waals surface area contributed by atoms with E-state index in [4.69, 9.17) is 27.9 Å². The van der Waals surface area contributed by atoms with Gasteiger partial charge in [0.1, 0.15) is 0 Å². The van der Waals surface area contributed by atoms with Gasteiger partial charge in [-0.05, 0) is 35.7 Å². The number of hydrogen-bond acceptors (Lipinski definition) is 2. The van der Waals surface area contributed by atoms with Gasteiger partial charge in [-0.25, -0.2) is 0 Å². The molecule has 0 fully saturated rings. The lowest BCUT2D eigenvalue weighted by atomic mass is 9.93. The van der Waals surface area contributed by atoms with E-state index in [0.29, 0.717) is 28.6 Å². The highest BCUT2D eigenvalue weighted by Crippen LogP contribution is 2.31. The van der Waals surface area contributed by atoms with Gasteiger partial charge in [0.05, 0.1) is 12.7 Å². The molecule has 0 saturated carbocycles. The average molecular weight is 321 g/mol. The summed E-state index contributed by atoms with van der Waals surface area (Å²) in [5.74, 6) is -0.0129. The maximum atomic E-state index is 12.4. The van der Waals surface area contributed by atoms with E-state index in [-0.39, 0.29) is 11.9 Å². The summed E-state index contributed by atoms with van der Waals surface area (Å²) < 4.78 is 5.77. The Morgan fingerprint density at radius 2 is 1.86 bits per heavy atom. The van der Waals surface area contributed by atoms with Gasteiger partial charge in [-0.15, -0.1) is 0 Å². The molecule has 2 aromatic carbocycles. The van der Waals surface area contributed by atoms with Gasteiger partial charge < -0.3 is 4.74 Å². The summed E-state index contributed by atoms with van der Waals surface area (Å²) in [6.07, 6.45) is 0.998. The van der Waals surface area contributed by atoms with Gasteiger partial charge in [0.15, 0.2) is 5.78 Å². The number of hydrogen-bond donors (Lipinski definition) is 0. The van der Waals surface area contributed by atoms with Crippen LogP contribution in [0.5, 0.6) is 0 Å². The van der Waals surface area contributed by atoms with Crippen LogP contribution in [0.1, 0.15) is 34.0 Å². The van der Waals surface area contributed by atoms with Gasteiger partial charge in [-0.2, -0.15) is 0 Å². The number of halogens is 2. The standard InChI is InChI=1S/C17H14Cl2O2/c18-13-7-12(8-14(19)9-13)16(20)10-17-15-4-2-1-3-11(15)5-6-21-17/h1-4,7-9,17H,5-6,10H2. The molecule has 2 aromatic rings. The lowest BCUT2D eigenvalue weighted by Crippen LogP contribution is -2.19. The van der Waals surface area contributed by atoms with Crippen molar-refractivity contribution in [3.8, 4) is 0 Å². The van der Waals surface area contributed by atoms with Crippen molar-refractivity contribution in [3.63, 3.8) is 0 Å². The molecule has 0 radical (unpaired) electrons. The van der Waals surface area contributed by atoms with E-state index < -0.39 is 0 Å². The number of carbonyl (C=O) groups excluding carboxylic acids is 1. The van der Waals surface area contributed by atoms with Crippen LogP contribution in [0.25, 0.3) is 0 Å². The predicted molar refractivity (Wildman–Crippen MR) is 84.2 cm³/mol. The van der Waals surface area contributed by atoms with E-state index in [2.05, 4.69) is 6.07 Å². The van der Waals surface area contributed by atoms with Crippen LogP contribution in [-0.4, -0.2) is 12.4 Å². The zero-order valence-electron chi connectivity index (χ0n) is 11.3. The maximum absolute atomic E-state index is 12.4. The molecule has 1 aliphatic rings. The summed E-state index contributed by atoms with van der Waals surface area (Å²) >= 11 is 11.9. The van der Waals surface area contributed by atoms with Crippen molar-refractivity contribution < 1.29 is 9.53 Å². The number of ether oxygens (including phenoxy) is 1. The van der Waals surface area contributed by atoms with Gasteiger partial charge in [0, 0.05) is 22.0 Å². The number of benzene rings is 2. The fraction of sp³-hybridized carbons (Fsp3) is 0.235. The van der Waals surface area contributed by atoms with Crippen LogP contribution < -0.4 is 0 Å². The molecule has 0 aromatic heterocycles. The topological polar surface area (TPSA) is 26.3 Å². The van der Waals surface area contributed by atoms with Crippen molar-refractivity contribution in [1.29, 1.82) is 0 Å². The molecule has 1 unspecified atom stereocenters. The summed E-state index contributed by atoms with van der Waals surface area (Å²) in [7, 11) is 0. The normalized spacial score (nSPS) is 17.3. The zero-order valence-corrected chi connectivity index (χ0v) is 12.8. The predicted octanol–water partition coefficient (Wildman–Crippen LogP) is 4.88. The smallest absolute Gasteiger partial charge is 0.165 e. The Morgan fingerprint density at radius 3 is 2.62 bits per heavy atom. The van der Waals surface area contributed by atoms with E-state index in [9.17, 15) is 4.79 Å². The minimum atomic E-state index is -0.194. The van der Waals surface area contributed by atoms with Gasteiger partial charge in [0.25, 0.3) is 0 Å². The lowest BCUT2D eigenvalue weighted by molar-refractivity contribution is 0.0352. The van der Waals surface area contributed by atoms with E-state index in [0.717, 1.165) is 12.0 Å². The van der Waals surface area contributed by atoms with Crippen LogP contribution in [0.15, 0.2) is 42.5 Å². The quantitative estimate of drug-likeness (QED) is 0.753. The molecule has 0 bridgehead atoms. The molecule has 0 saturated heterocycles. The highest BCUT2D eigenvalue weighted by Gasteiger charge is 2.23. The number of ketones is 1. The highest BCUT2D eigenvalue weighted by molar-refractivity contribution is 6.35. The molecule has 0 N–H and O–H groups in total. The molecular weight excluding hydrogens is 307 g/mol. The largest absolute Gasteiger partial charge is 0.373 e. The Bertz CT molecular complexity index is 662. The van der Waals surface area contributed by atoms with Crippen LogP contribution in [0.4, 0.5) is 0 Å². The Kier molecular flexibility index (Phi) is 4.29. The fourth-order valence-electron chi connectivity index (χ4n) is 2.65. The second-order valence-corrected chi connectivity index (χ2v) is 5.97. The molecule has 1 atom stereocenters. The molecule has 2 nitrogen and oxygen atoms in total. The zero-order chi connectivity index (χ0) is 14.8. The molecule has 3 rings (SSSR count). The van der Waals surface area contributed by atoms with Gasteiger partial charge >= 0.3 is 0 Å². The third kappa shape index (κ3) is 3.29. The molecule has 21 heavy (non-hydrogen) atoms. The lowest BCUT2D eigenvalue weighted by Gasteiger charge is -2.25. The van der Waals surface area contributed by atoms with Crippen molar-refractivity contribution in [2.75, 3.05) is 6.61 Å². The summed E-state index contributed by atoms with van der Waals surface area (Å²) in [5, 5.41) is 0.937. The molecule has 0 spiro atoms. The average Bonchev–Trinajstić information content (AvgIpc) is 2.46. The summed E-state index contributed by atoms with van der Waals surface area (Å²) in [4.78, 5) is 12.4. The minimum absolute atomic E-state index is 0.0129. The molecule has 4 heteroatoms. The van der Waals surface area contributed by atoms with Crippen LogP contribution in [0.3, 0.4) is 0 Å². The van der Waals surface area contributed by atoms with Crippen molar-refractivity contribution in [2.24, 2.45) is 0 Å². The number of Topliss-reactive ketones (excluding diaryl/α,β-unsaturated/α-hetero) is 1. The molecule has 0 aliphatic carbocycles. The third-order valence-electron chi connectivity index (χ3n) is 3.65. The van der Waals surface area contributed by atoms with Gasteiger partial charge in [-0.1, -0.05) is 47.5 Å². The first-order valence-electron chi connectivity index (χ1n) is 6.82. The Hall–Kier alpha value is -1.35. The van der Waals surface area contributed by atoms with E-state index in [1.54, 1.807) is 18.2 Å². The van der Waals surface area contributed by atoms with E-state index in [1.165, 1.54) is 5.56 Å². The molecule has 0 amide bonds. The fourth-order valence-corrected chi connectivity index (χ4v) is 3.17. The van der Waals surface area contributed by atoms with E-state index >= 15 is 0 Å². The van der Waals surface area contributed by atoms with Crippen molar-refractivity contribution >= 4 is 29.0 Å². The third-order valence-corrected chi connectivity index (χ3v) is 4.08. The maximum Gasteiger partial charge on any atom is 0.165 e. The molecule has 108 valence electrons. The Labute approximate surface area is 133 Å². The Balaban J connectivity index is 1.82. The SMILES string of the molecule is O=C(CC1OCCc2ccccc21)c1cc(Cl)cc(Cl)c1. The highest BCUT2D eigenvalue weighted by atomic mass is 35.5. The van der Waals surface area contributed by atoms with E-state index in [1.807, 2.05) is 18.2 Å². The second kappa shape index (κ2) is 6.18. The summed E-state index contributed by atoms with van der Waals surface area (Å²) in [6, 6.07) is 13.0. The molecule has 1 heterocycles. The Morgan fingerprint density at radius 1 is 1.14 bits per heavy atom. The second-order valence-electron chi connectivity index (χ2n) is 5.09. The summed E-state index contributed by atoms with van der Waals surface area (Å²) in [5.41, 5.74) is 2.88. The van der Waals surface area contributed by atoms with Crippen LogP contribution >= 0.6 is 23.2 Å². The summed E-state index contributed by atoms with van der Waals surface area (Å²) in [6.45, 7) is 0.644. The van der Waals surface area contributed by atoms with Crippen LogP contribution in [-0.2, 0) is 11.2 Å². The number of carbonyl (C=O) groups is 1. The van der Waals surface area contributed by atoms with Crippen molar-refractivity contribution in [2.45, 2.75) is 18.9 Å². The number of fused-ring (bicyclic) bond motifs is 1. The number of rotatable bonds is 3. The molecule has 1 aliphatic heterocycles. The van der Waals surface area contributed by atoms with Crippen LogP contribution in [0, 0.1) is 0 Å². The van der Waals surface area contributed by atoms with Crippen molar-refractivity contribution in [3.05, 3.63) is 69.2 Å².